The first-order valence-electron chi connectivity index (χ1n) is 9.29. The highest BCUT2D eigenvalue weighted by Crippen LogP contribution is 2.14. The van der Waals surface area contributed by atoms with Gasteiger partial charge in [-0.2, -0.15) is 0 Å². The third kappa shape index (κ3) is 5.14. The van der Waals surface area contributed by atoms with Crippen molar-refractivity contribution in [1.29, 1.82) is 0 Å². The molecule has 1 saturated heterocycles. The lowest BCUT2D eigenvalue weighted by Gasteiger charge is -2.37. The Labute approximate surface area is 164 Å². The van der Waals surface area contributed by atoms with Gasteiger partial charge in [-0.25, -0.2) is 0 Å². The summed E-state index contributed by atoms with van der Waals surface area (Å²) < 4.78 is 0. The van der Waals surface area contributed by atoms with Crippen molar-refractivity contribution in [2.24, 2.45) is 5.92 Å². The molecule has 144 valence electrons. The van der Waals surface area contributed by atoms with Crippen molar-refractivity contribution in [3.63, 3.8) is 0 Å². The van der Waals surface area contributed by atoms with Gasteiger partial charge in [0.1, 0.15) is 6.04 Å². The molecule has 0 radical (unpaired) electrons. The van der Waals surface area contributed by atoms with E-state index in [4.69, 9.17) is 0 Å². The van der Waals surface area contributed by atoms with Gasteiger partial charge in [-0.3, -0.25) is 19.5 Å². The molecule has 0 saturated carbocycles. The van der Waals surface area contributed by atoms with E-state index in [-0.39, 0.29) is 17.7 Å². The standard InChI is InChI=1S/C20H26N4O2S/c1-15(2)18(22-19(25)17-4-3-13-27-17)20(26)24-11-9-23(10-12-24)14-16-5-7-21-8-6-16/h3-8,13,15,18H,9-12,14H2,1-2H3,(H,22,25)/t18-/m1/s1. The maximum absolute atomic E-state index is 13.0. The van der Waals surface area contributed by atoms with Crippen LogP contribution in [0.3, 0.4) is 0 Å². The van der Waals surface area contributed by atoms with Gasteiger partial charge in [0.2, 0.25) is 5.91 Å². The molecule has 2 amide bonds. The average Bonchev–Trinajstić information content (AvgIpc) is 3.21. The Morgan fingerprint density at radius 2 is 1.85 bits per heavy atom. The third-order valence-electron chi connectivity index (χ3n) is 4.80. The van der Waals surface area contributed by atoms with Gasteiger partial charge in [-0.15, -0.1) is 11.3 Å². The topological polar surface area (TPSA) is 65.5 Å². The summed E-state index contributed by atoms with van der Waals surface area (Å²) >= 11 is 1.39. The van der Waals surface area contributed by atoms with Crippen LogP contribution < -0.4 is 5.32 Å². The molecule has 0 spiro atoms. The van der Waals surface area contributed by atoms with E-state index in [2.05, 4.69) is 15.2 Å². The molecule has 1 aliphatic heterocycles. The number of piperazine rings is 1. The normalized spacial score (nSPS) is 16.3. The number of aromatic nitrogens is 1. The quantitative estimate of drug-likeness (QED) is 0.827. The molecule has 1 atom stereocenters. The molecule has 0 bridgehead atoms. The van der Waals surface area contributed by atoms with Crippen molar-refractivity contribution < 1.29 is 9.59 Å². The molecule has 27 heavy (non-hydrogen) atoms. The summed E-state index contributed by atoms with van der Waals surface area (Å²) in [6, 6.07) is 7.17. The first-order chi connectivity index (χ1) is 13.0. The summed E-state index contributed by atoms with van der Waals surface area (Å²) in [7, 11) is 0. The number of carbonyl (C=O) groups excluding carboxylic acids is 2. The van der Waals surface area contributed by atoms with E-state index in [1.54, 1.807) is 18.5 Å². The van der Waals surface area contributed by atoms with E-state index in [1.807, 2.05) is 42.3 Å². The fourth-order valence-electron chi connectivity index (χ4n) is 3.20. The van der Waals surface area contributed by atoms with Crippen LogP contribution in [0.1, 0.15) is 29.1 Å². The van der Waals surface area contributed by atoms with E-state index in [1.165, 1.54) is 16.9 Å². The van der Waals surface area contributed by atoms with Crippen LogP contribution in [0, 0.1) is 5.92 Å². The van der Waals surface area contributed by atoms with Crippen LogP contribution >= 0.6 is 11.3 Å². The van der Waals surface area contributed by atoms with Crippen LogP contribution in [-0.2, 0) is 11.3 Å². The Morgan fingerprint density at radius 3 is 2.44 bits per heavy atom. The SMILES string of the molecule is CC(C)[C@@H](NC(=O)c1cccs1)C(=O)N1CCN(Cc2ccncc2)CC1. The van der Waals surface area contributed by atoms with Gasteiger partial charge in [0.05, 0.1) is 4.88 Å². The van der Waals surface area contributed by atoms with Crippen molar-refractivity contribution in [1.82, 2.24) is 20.1 Å². The van der Waals surface area contributed by atoms with Crippen LogP contribution in [0.15, 0.2) is 42.0 Å². The van der Waals surface area contributed by atoms with Gasteiger partial charge in [0.15, 0.2) is 0 Å². The Balaban J connectivity index is 1.55. The van der Waals surface area contributed by atoms with E-state index in [0.29, 0.717) is 18.0 Å². The van der Waals surface area contributed by atoms with Gasteiger partial charge in [0.25, 0.3) is 5.91 Å². The molecule has 7 heteroatoms. The van der Waals surface area contributed by atoms with Crippen LogP contribution in [0.4, 0.5) is 0 Å². The zero-order chi connectivity index (χ0) is 19.2. The molecule has 3 heterocycles. The molecular weight excluding hydrogens is 360 g/mol. The maximum atomic E-state index is 13.0. The highest BCUT2D eigenvalue weighted by molar-refractivity contribution is 7.12. The summed E-state index contributed by atoms with van der Waals surface area (Å²) in [5, 5.41) is 4.79. The predicted octanol–water partition coefficient (Wildman–Crippen LogP) is 2.24. The largest absolute Gasteiger partial charge is 0.339 e. The zero-order valence-electron chi connectivity index (χ0n) is 15.8. The highest BCUT2D eigenvalue weighted by Gasteiger charge is 2.31. The number of nitrogens with zero attached hydrogens (tertiary/aromatic N) is 3. The molecule has 1 N–H and O–H groups in total. The van der Waals surface area contributed by atoms with Gasteiger partial charge in [-0.1, -0.05) is 19.9 Å². The summed E-state index contributed by atoms with van der Waals surface area (Å²) in [5.41, 5.74) is 1.23. The van der Waals surface area contributed by atoms with Crippen molar-refractivity contribution in [3.05, 3.63) is 52.5 Å². The Hall–Kier alpha value is -2.25. The average molecular weight is 387 g/mol. The first kappa shape index (κ1) is 19.5. The second-order valence-corrected chi connectivity index (χ2v) is 8.08. The van der Waals surface area contributed by atoms with Crippen LogP contribution in [-0.4, -0.2) is 58.8 Å². The number of nitrogens with one attached hydrogen (secondary N) is 1. The summed E-state index contributed by atoms with van der Waals surface area (Å²) in [5.74, 6) is -0.122. The minimum atomic E-state index is -0.494. The lowest BCUT2D eigenvalue weighted by molar-refractivity contribution is -0.136. The molecule has 0 aromatic carbocycles. The van der Waals surface area contributed by atoms with Gasteiger partial charge in [0, 0.05) is 45.1 Å². The highest BCUT2D eigenvalue weighted by atomic mass is 32.1. The summed E-state index contributed by atoms with van der Waals surface area (Å²) in [6.45, 7) is 7.83. The molecule has 0 unspecified atom stereocenters. The molecule has 0 aliphatic carbocycles. The van der Waals surface area contributed by atoms with E-state index < -0.39 is 6.04 Å². The summed E-state index contributed by atoms with van der Waals surface area (Å²) in [4.78, 5) is 34.3. The maximum Gasteiger partial charge on any atom is 0.262 e. The number of hydrogen-bond acceptors (Lipinski definition) is 5. The fourth-order valence-corrected chi connectivity index (χ4v) is 3.83. The molecular formula is C20H26N4O2S. The minimum absolute atomic E-state index is 0.0125. The van der Waals surface area contributed by atoms with Gasteiger partial charge in [-0.05, 0) is 35.1 Å². The minimum Gasteiger partial charge on any atom is -0.339 e. The van der Waals surface area contributed by atoms with Crippen molar-refractivity contribution in [2.75, 3.05) is 26.2 Å². The zero-order valence-corrected chi connectivity index (χ0v) is 16.6. The second kappa shape index (κ2) is 9.10. The van der Waals surface area contributed by atoms with Gasteiger partial charge >= 0.3 is 0 Å². The third-order valence-corrected chi connectivity index (χ3v) is 5.67. The Kier molecular flexibility index (Phi) is 6.58. The van der Waals surface area contributed by atoms with Crippen molar-refractivity contribution >= 4 is 23.2 Å². The number of rotatable bonds is 6. The number of carbonyl (C=O) groups is 2. The second-order valence-electron chi connectivity index (χ2n) is 7.13. The number of thiophene rings is 1. The summed E-state index contributed by atoms with van der Waals surface area (Å²) in [6.07, 6.45) is 3.61. The molecule has 6 nitrogen and oxygen atoms in total. The molecule has 2 aromatic rings. The molecule has 3 rings (SSSR count). The van der Waals surface area contributed by atoms with Crippen LogP contribution in [0.2, 0.25) is 0 Å². The fraction of sp³-hybridized carbons (Fsp3) is 0.450. The number of amides is 2. The number of hydrogen-bond donors (Lipinski definition) is 1. The molecule has 2 aromatic heterocycles. The number of pyridine rings is 1. The smallest absolute Gasteiger partial charge is 0.262 e. The Bertz CT molecular complexity index is 741. The first-order valence-corrected chi connectivity index (χ1v) is 10.2. The van der Waals surface area contributed by atoms with E-state index >= 15 is 0 Å². The van der Waals surface area contributed by atoms with Crippen LogP contribution in [0.5, 0.6) is 0 Å². The van der Waals surface area contributed by atoms with E-state index in [9.17, 15) is 9.59 Å². The monoisotopic (exact) mass is 386 g/mol. The van der Waals surface area contributed by atoms with E-state index in [0.717, 1.165) is 19.6 Å². The predicted molar refractivity (Wildman–Crippen MR) is 107 cm³/mol. The van der Waals surface area contributed by atoms with Gasteiger partial charge < -0.3 is 10.2 Å². The molecule has 1 aliphatic rings. The van der Waals surface area contributed by atoms with Crippen molar-refractivity contribution in [3.8, 4) is 0 Å². The Morgan fingerprint density at radius 1 is 1.15 bits per heavy atom. The van der Waals surface area contributed by atoms with Crippen LogP contribution in [0.25, 0.3) is 0 Å². The van der Waals surface area contributed by atoms with Crippen molar-refractivity contribution in [2.45, 2.75) is 26.4 Å². The lowest BCUT2D eigenvalue weighted by Crippen LogP contribution is -2.56. The lowest BCUT2D eigenvalue weighted by atomic mass is 10.0. The molecule has 1 fully saturated rings.